The maximum atomic E-state index is 12.2. The average Bonchev–Trinajstić information content (AvgIpc) is 3.38. The molecule has 1 N–H and O–H groups in total. The van der Waals surface area contributed by atoms with Gasteiger partial charge in [-0.15, -0.1) is 16.4 Å². The van der Waals surface area contributed by atoms with Gasteiger partial charge in [0.1, 0.15) is 12.9 Å². The summed E-state index contributed by atoms with van der Waals surface area (Å²) in [6.45, 7) is -0.120. The molecule has 0 unspecified atom stereocenters. The molecule has 134 valence electrons. The zero-order valence-electron chi connectivity index (χ0n) is 13.9. The highest BCUT2D eigenvalue weighted by molar-refractivity contribution is 7.13. The van der Waals surface area contributed by atoms with E-state index in [0.29, 0.717) is 11.4 Å². The van der Waals surface area contributed by atoms with E-state index in [9.17, 15) is 9.59 Å². The van der Waals surface area contributed by atoms with Crippen LogP contribution < -0.4 is 10.9 Å². The van der Waals surface area contributed by atoms with Gasteiger partial charge in [0.05, 0.1) is 22.6 Å². The summed E-state index contributed by atoms with van der Waals surface area (Å²) in [4.78, 5) is 29.6. The van der Waals surface area contributed by atoms with E-state index in [0.717, 1.165) is 10.6 Å². The molecule has 0 saturated carbocycles. The lowest BCUT2D eigenvalue weighted by atomic mass is 10.3. The zero-order valence-corrected chi connectivity index (χ0v) is 14.7. The number of tetrazole rings is 1. The molecule has 0 saturated heterocycles. The third-order valence-electron chi connectivity index (χ3n) is 3.73. The highest BCUT2D eigenvalue weighted by Gasteiger charge is 2.08. The number of hydrogen-bond donors (Lipinski definition) is 1. The van der Waals surface area contributed by atoms with E-state index in [4.69, 9.17) is 0 Å². The fourth-order valence-electron chi connectivity index (χ4n) is 2.44. The highest BCUT2D eigenvalue weighted by Crippen LogP contribution is 2.20. The molecule has 3 aromatic heterocycles. The number of nitrogens with one attached hydrogen (secondary N) is 1. The number of nitrogens with zero attached hydrogens (tertiary/aromatic N) is 6. The van der Waals surface area contributed by atoms with Crippen molar-refractivity contribution < 1.29 is 4.79 Å². The van der Waals surface area contributed by atoms with Crippen molar-refractivity contribution >= 4 is 22.9 Å². The van der Waals surface area contributed by atoms with Crippen molar-refractivity contribution in [1.82, 2.24) is 29.8 Å². The molecule has 0 spiro atoms. The molecule has 0 radical (unpaired) electrons. The minimum absolute atomic E-state index is 0.120. The molecule has 10 heteroatoms. The van der Waals surface area contributed by atoms with Crippen LogP contribution in [0.3, 0.4) is 0 Å². The van der Waals surface area contributed by atoms with E-state index < -0.39 is 0 Å². The summed E-state index contributed by atoms with van der Waals surface area (Å²) in [5.74, 6) is -0.321. The minimum Gasteiger partial charge on any atom is -0.325 e. The first kappa shape index (κ1) is 16.8. The summed E-state index contributed by atoms with van der Waals surface area (Å²) in [7, 11) is 0. The molecule has 9 nitrogen and oxygen atoms in total. The summed E-state index contributed by atoms with van der Waals surface area (Å²) >= 11 is 1.50. The Morgan fingerprint density at radius 1 is 1.15 bits per heavy atom. The van der Waals surface area contributed by atoms with Crippen molar-refractivity contribution in [3.05, 3.63) is 70.9 Å². The van der Waals surface area contributed by atoms with Gasteiger partial charge in [0.25, 0.3) is 5.56 Å². The summed E-state index contributed by atoms with van der Waals surface area (Å²) in [6, 6.07) is 12.2. The van der Waals surface area contributed by atoms with Crippen LogP contribution in [0, 0.1) is 0 Å². The Bertz CT molecular complexity index is 1100. The Morgan fingerprint density at radius 3 is 2.67 bits per heavy atom. The Labute approximate surface area is 156 Å². The van der Waals surface area contributed by atoms with Gasteiger partial charge in [-0.3, -0.25) is 14.2 Å². The van der Waals surface area contributed by atoms with Gasteiger partial charge in [-0.2, -0.15) is 0 Å². The fraction of sp³-hybridized carbons (Fsp3) is 0.0588. The van der Waals surface area contributed by atoms with Gasteiger partial charge < -0.3 is 5.32 Å². The summed E-state index contributed by atoms with van der Waals surface area (Å²) < 4.78 is 2.77. The first-order valence-electron chi connectivity index (χ1n) is 7.93. The van der Waals surface area contributed by atoms with Crippen LogP contribution in [0.1, 0.15) is 0 Å². The minimum atomic E-state index is -0.321. The van der Waals surface area contributed by atoms with Crippen molar-refractivity contribution in [2.75, 3.05) is 5.32 Å². The van der Waals surface area contributed by atoms with E-state index in [-0.39, 0.29) is 18.0 Å². The molecule has 0 aliphatic carbocycles. The molecule has 4 aromatic rings. The molecule has 4 rings (SSSR count). The lowest BCUT2D eigenvalue weighted by Gasteiger charge is -2.08. The third-order valence-corrected chi connectivity index (χ3v) is 4.62. The largest absolute Gasteiger partial charge is 0.325 e. The van der Waals surface area contributed by atoms with E-state index in [2.05, 4.69) is 25.8 Å². The number of hydrogen-bond acceptors (Lipinski definition) is 7. The van der Waals surface area contributed by atoms with Crippen LogP contribution in [0.2, 0.25) is 0 Å². The molecule has 0 aliphatic heterocycles. The van der Waals surface area contributed by atoms with E-state index in [1.54, 1.807) is 24.3 Å². The van der Waals surface area contributed by atoms with Crippen molar-refractivity contribution in [1.29, 1.82) is 0 Å². The fourth-order valence-corrected chi connectivity index (χ4v) is 3.13. The molecule has 0 fully saturated rings. The smallest absolute Gasteiger partial charge is 0.254 e. The monoisotopic (exact) mass is 379 g/mol. The first-order chi connectivity index (χ1) is 13.2. The predicted octanol–water partition coefficient (Wildman–Crippen LogP) is 1.59. The number of amides is 1. The summed E-state index contributed by atoms with van der Waals surface area (Å²) in [5.41, 5.74) is 1.69. The highest BCUT2D eigenvalue weighted by atomic mass is 32.1. The van der Waals surface area contributed by atoms with Crippen molar-refractivity contribution in [3.8, 4) is 16.3 Å². The summed E-state index contributed by atoms with van der Waals surface area (Å²) in [6.07, 6.45) is 2.87. The Balaban J connectivity index is 1.43. The van der Waals surface area contributed by atoms with Gasteiger partial charge >= 0.3 is 0 Å². The number of aromatic nitrogens is 6. The van der Waals surface area contributed by atoms with Gasteiger partial charge in [-0.05, 0) is 46.1 Å². The van der Waals surface area contributed by atoms with Crippen LogP contribution in [0.25, 0.3) is 16.3 Å². The maximum Gasteiger partial charge on any atom is 0.254 e. The Kier molecular flexibility index (Phi) is 4.54. The standard InChI is InChI=1S/C17H13N7O2S/c25-16(20-12-3-5-13(6-4-12)24-11-19-21-22-24)9-23-10-18-14(8-17(23)26)15-2-1-7-27-15/h1-8,10-11H,9H2,(H,20,25). The van der Waals surface area contributed by atoms with Crippen LogP contribution in [0.15, 0.2) is 65.3 Å². The van der Waals surface area contributed by atoms with E-state index in [1.807, 2.05) is 17.5 Å². The second-order valence-electron chi connectivity index (χ2n) is 5.57. The molecule has 0 atom stereocenters. The molecule has 27 heavy (non-hydrogen) atoms. The van der Waals surface area contributed by atoms with Crippen LogP contribution in [-0.2, 0) is 11.3 Å². The van der Waals surface area contributed by atoms with Crippen LogP contribution in [0.4, 0.5) is 5.69 Å². The van der Waals surface area contributed by atoms with Gasteiger partial charge in [0.15, 0.2) is 0 Å². The average molecular weight is 379 g/mol. The second kappa shape index (κ2) is 7.30. The van der Waals surface area contributed by atoms with Crippen LogP contribution in [-0.4, -0.2) is 35.7 Å². The number of carbonyl (C=O) groups excluding carboxylic acids is 1. The molecule has 0 bridgehead atoms. The molecule has 3 heterocycles. The molecule has 1 aromatic carbocycles. The third kappa shape index (κ3) is 3.80. The van der Waals surface area contributed by atoms with Gasteiger partial charge in [0.2, 0.25) is 5.91 Å². The maximum absolute atomic E-state index is 12.2. The lowest BCUT2D eigenvalue weighted by Crippen LogP contribution is -2.27. The Morgan fingerprint density at radius 2 is 2.00 bits per heavy atom. The quantitative estimate of drug-likeness (QED) is 0.564. The topological polar surface area (TPSA) is 108 Å². The van der Waals surface area contributed by atoms with Crippen LogP contribution in [0.5, 0.6) is 0 Å². The predicted molar refractivity (Wildman–Crippen MR) is 99.6 cm³/mol. The summed E-state index contributed by atoms with van der Waals surface area (Å²) in [5, 5.41) is 15.6. The van der Waals surface area contributed by atoms with Gasteiger partial charge in [-0.1, -0.05) is 6.07 Å². The first-order valence-corrected chi connectivity index (χ1v) is 8.81. The van der Waals surface area contributed by atoms with Gasteiger partial charge in [0, 0.05) is 11.8 Å². The van der Waals surface area contributed by atoms with Gasteiger partial charge in [-0.25, -0.2) is 9.67 Å². The van der Waals surface area contributed by atoms with Crippen molar-refractivity contribution in [2.24, 2.45) is 0 Å². The molecule has 0 aliphatic rings. The molecule has 1 amide bonds. The van der Waals surface area contributed by atoms with Crippen molar-refractivity contribution in [3.63, 3.8) is 0 Å². The number of benzene rings is 1. The second-order valence-corrected chi connectivity index (χ2v) is 6.51. The molecular weight excluding hydrogens is 366 g/mol. The van der Waals surface area contributed by atoms with E-state index >= 15 is 0 Å². The number of carbonyl (C=O) groups is 1. The normalized spacial score (nSPS) is 10.7. The Hall–Kier alpha value is -3.66. The number of anilines is 1. The van der Waals surface area contributed by atoms with E-state index in [1.165, 1.54) is 39.3 Å². The van der Waals surface area contributed by atoms with Crippen LogP contribution >= 0.6 is 11.3 Å². The SMILES string of the molecule is O=C(Cn1cnc(-c2cccs2)cc1=O)Nc1ccc(-n2cnnn2)cc1. The van der Waals surface area contributed by atoms with Crippen molar-refractivity contribution in [2.45, 2.75) is 6.54 Å². The lowest BCUT2D eigenvalue weighted by molar-refractivity contribution is -0.116. The number of rotatable bonds is 5. The number of thiophene rings is 1. The zero-order chi connectivity index (χ0) is 18.6. The molecular formula is C17H13N7O2S.